The second kappa shape index (κ2) is 4.73. The molecule has 0 saturated carbocycles. The summed E-state index contributed by atoms with van der Waals surface area (Å²) in [6, 6.07) is 6.58. The Balaban J connectivity index is 1.75. The summed E-state index contributed by atoms with van der Waals surface area (Å²) in [6.45, 7) is -0.127. The van der Waals surface area contributed by atoms with Gasteiger partial charge in [-0.2, -0.15) is 0 Å². The maximum absolute atomic E-state index is 12.1. The molecule has 100 valence electrons. The number of hydrogen-bond acceptors (Lipinski definition) is 4. The summed E-state index contributed by atoms with van der Waals surface area (Å²) in [4.78, 5) is 40.9. The Kier molecular flexibility index (Phi) is 2.90. The number of ketones is 1. The van der Waals surface area contributed by atoms with Crippen LogP contribution in [-0.4, -0.2) is 38.6 Å². The molecule has 0 aliphatic carbocycles. The number of Topliss-reactive ketones (excluding diaryl/α,β-unsaturated/α-hetero) is 1. The van der Waals surface area contributed by atoms with Crippen LogP contribution in [0.3, 0.4) is 0 Å². The van der Waals surface area contributed by atoms with E-state index in [0.29, 0.717) is 11.1 Å². The minimum Gasteiger partial charge on any atom is -0.330 e. The Bertz CT molecular complexity index is 656. The Morgan fingerprint density at radius 3 is 2.25 bits per heavy atom. The second-order valence-corrected chi connectivity index (χ2v) is 4.52. The van der Waals surface area contributed by atoms with Gasteiger partial charge >= 0.3 is 0 Å². The molecule has 0 bridgehead atoms. The zero-order chi connectivity index (χ0) is 14.1. The lowest BCUT2D eigenvalue weighted by molar-refractivity contribution is -0.119. The highest BCUT2D eigenvalue weighted by molar-refractivity contribution is 6.22. The zero-order valence-corrected chi connectivity index (χ0v) is 10.5. The molecule has 0 N–H and O–H groups in total. The molecule has 20 heavy (non-hydrogen) atoms. The number of imidazole rings is 1. The SMILES string of the molecule is O=C(CN1C(=O)c2ccccc2C1=O)Cn1ccnc1. The van der Waals surface area contributed by atoms with Gasteiger partial charge in [-0.05, 0) is 12.1 Å². The number of imide groups is 1. The first kappa shape index (κ1) is 12.3. The summed E-state index contributed by atoms with van der Waals surface area (Å²) in [5.74, 6) is -1.05. The molecule has 0 radical (unpaired) electrons. The van der Waals surface area contributed by atoms with Gasteiger partial charge in [0.1, 0.15) is 0 Å². The van der Waals surface area contributed by atoms with E-state index in [9.17, 15) is 14.4 Å². The van der Waals surface area contributed by atoms with Gasteiger partial charge in [0.25, 0.3) is 11.8 Å². The molecule has 2 amide bonds. The molecule has 6 nitrogen and oxygen atoms in total. The van der Waals surface area contributed by atoms with Gasteiger partial charge in [0.15, 0.2) is 5.78 Å². The number of rotatable bonds is 4. The van der Waals surface area contributed by atoms with Crippen LogP contribution in [0.5, 0.6) is 0 Å². The predicted octanol–water partition coefficient (Wildman–Crippen LogP) is 0.748. The number of hydrogen-bond donors (Lipinski definition) is 0. The number of carbonyl (C=O) groups is 3. The fourth-order valence-corrected chi connectivity index (χ4v) is 2.19. The second-order valence-electron chi connectivity index (χ2n) is 4.52. The molecule has 6 heteroatoms. The number of carbonyl (C=O) groups excluding carboxylic acids is 3. The topological polar surface area (TPSA) is 72.3 Å². The van der Waals surface area contributed by atoms with E-state index in [-0.39, 0.29) is 18.9 Å². The van der Waals surface area contributed by atoms with Gasteiger partial charge in [-0.3, -0.25) is 19.3 Å². The summed E-state index contributed by atoms with van der Waals surface area (Å²) in [6.07, 6.45) is 4.73. The van der Waals surface area contributed by atoms with Crippen molar-refractivity contribution in [2.24, 2.45) is 0 Å². The predicted molar refractivity (Wildman–Crippen MR) is 69.0 cm³/mol. The van der Waals surface area contributed by atoms with E-state index in [2.05, 4.69) is 4.98 Å². The summed E-state index contributed by atoms with van der Waals surface area (Å²) in [5.41, 5.74) is 0.709. The van der Waals surface area contributed by atoms with Gasteiger partial charge in [0.05, 0.1) is 30.5 Å². The van der Waals surface area contributed by atoms with E-state index >= 15 is 0 Å². The molecule has 2 heterocycles. The van der Waals surface area contributed by atoms with Crippen LogP contribution in [0.2, 0.25) is 0 Å². The molecule has 0 spiro atoms. The van der Waals surface area contributed by atoms with Crippen molar-refractivity contribution in [1.29, 1.82) is 0 Å². The maximum Gasteiger partial charge on any atom is 0.261 e. The van der Waals surface area contributed by atoms with Crippen molar-refractivity contribution in [3.05, 3.63) is 54.1 Å². The monoisotopic (exact) mass is 269 g/mol. The molecule has 0 saturated heterocycles. The van der Waals surface area contributed by atoms with Crippen LogP contribution in [0.4, 0.5) is 0 Å². The van der Waals surface area contributed by atoms with Crippen molar-refractivity contribution in [2.45, 2.75) is 6.54 Å². The first-order chi connectivity index (χ1) is 9.66. The quantitative estimate of drug-likeness (QED) is 0.768. The summed E-state index contributed by atoms with van der Waals surface area (Å²) < 4.78 is 1.60. The lowest BCUT2D eigenvalue weighted by Gasteiger charge is -2.12. The molecule has 0 atom stereocenters. The average molecular weight is 269 g/mol. The van der Waals surface area contributed by atoms with E-state index in [1.807, 2.05) is 0 Å². The minimum atomic E-state index is -0.412. The van der Waals surface area contributed by atoms with Crippen LogP contribution in [0.25, 0.3) is 0 Å². The molecule has 1 aliphatic heterocycles. The van der Waals surface area contributed by atoms with Gasteiger partial charge in [-0.15, -0.1) is 0 Å². The fraction of sp³-hybridized carbons (Fsp3) is 0.143. The minimum absolute atomic E-state index is 0.0907. The lowest BCUT2D eigenvalue weighted by Crippen LogP contribution is -2.36. The van der Waals surface area contributed by atoms with E-state index in [4.69, 9.17) is 0 Å². The highest BCUT2D eigenvalue weighted by Crippen LogP contribution is 2.22. The summed E-state index contributed by atoms with van der Waals surface area (Å²) in [5, 5.41) is 0. The third kappa shape index (κ3) is 2.01. The Labute approximate surface area is 114 Å². The van der Waals surface area contributed by atoms with Crippen LogP contribution in [0.15, 0.2) is 43.0 Å². The smallest absolute Gasteiger partial charge is 0.261 e. The van der Waals surface area contributed by atoms with Crippen LogP contribution in [0, 0.1) is 0 Å². The summed E-state index contributed by atoms with van der Waals surface area (Å²) in [7, 11) is 0. The molecule has 2 aromatic rings. The standard InChI is InChI=1S/C14H11N3O3/c18-10(7-16-6-5-15-9-16)8-17-13(19)11-3-1-2-4-12(11)14(17)20/h1-6,9H,7-8H2. The van der Waals surface area contributed by atoms with Gasteiger partial charge in [0.2, 0.25) is 0 Å². The molecular formula is C14H11N3O3. The Hall–Kier alpha value is -2.76. The number of fused-ring (bicyclic) bond motifs is 1. The van der Waals surface area contributed by atoms with Gasteiger partial charge in [0, 0.05) is 12.4 Å². The first-order valence-corrected chi connectivity index (χ1v) is 6.09. The van der Waals surface area contributed by atoms with Gasteiger partial charge in [-0.1, -0.05) is 12.1 Å². The van der Waals surface area contributed by atoms with Crippen molar-refractivity contribution in [3.8, 4) is 0 Å². The zero-order valence-electron chi connectivity index (χ0n) is 10.5. The largest absolute Gasteiger partial charge is 0.330 e. The lowest BCUT2D eigenvalue weighted by atomic mass is 10.1. The Morgan fingerprint density at radius 2 is 1.70 bits per heavy atom. The number of nitrogens with zero attached hydrogens (tertiary/aromatic N) is 3. The highest BCUT2D eigenvalue weighted by Gasteiger charge is 2.35. The fourth-order valence-electron chi connectivity index (χ4n) is 2.19. The van der Waals surface area contributed by atoms with Crippen LogP contribution in [0.1, 0.15) is 20.7 Å². The molecule has 0 fully saturated rings. The van der Waals surface area contributed by atoms with Crippen LogP contribution in [-0.2, 0) is 11.3 Å². The van der Waals surface area contributed by atoms with E-state index in [0.717, 1.165) is 4.90 Å². The molecule has 0 unspecified atom stereocenters. The van der Waals surface area contributed by atoms with Crippen LogP contribution < -0.4 is 0 Å². The number of aromatic nitrogens is 2. The highest BCUT2D eigenvalue weighted by atomic mass is 16.2. The van der Waals surface area contributed by atoms with Crippen molar-refractivity contribution in [1.82, 2.24) is 14.5 Å². The number of benzene rings is 1. The van der Waals surface area contributed by atoms with Gasteiger partial charge < -0.3 is 4.57 Å². The van der Waals surface area contributed by atoms with Gasteiger partial charge in [-0.25, -0.2) is 4.98 Å². The third-order valence-electron chi connectivity index (χ3n) is 3.13. The van der Waals surface area contributed by atoms with Crippen LogP contribution >= 0.6 is 0 Å². The third-order valence-corrected chi connectivity index (χ3v) is 3.13. The average Bonchev–Trinajstić information content (AvgIpc) is 3.03. The molecule has 3 rings (SSSR count). The molecule has 1 aliphatic rings. The normalized spacial score (nSPS) is 13.7. The molecule has 1 aromatic carbocycles. The maximum atomic E-state index is 12.1. The summed E-state index contributed by atoms with van der Waals surface area (Å²) >= 11 is 0. The van der Waals surface area contributed by atoms with E-state index in [1.165, 1.54) is 6.33 Å². The van der Waals surface area contributed by atoms with Crippen molar-refractivity contribution in [3.63, 3.8) is 0 Å². The Morgan fingerprint density at radius 1 is 1.05 bits per heavy atom. The van der Waals surface area contributed by atoms with Crippen molar-refractivity contribution >= 4 is 17.6 Å². The number of amides is 2. The van der Waals surface area contributed by atoms with Crippen molar-refractivity contribution in [2.75, 3.05) is 6.54 Å². The van der Waals surface area contributed by atoms with E-state index in [1.54, 1.807) is 41.2 Å². The molecule has 1 aromatic heterocycles. The molecular weight excluding hydrogens is 258 g/mol. The first-order valence-electron chi connectivity index (χ1n) is 6.09. The van der Waals surface area contributed by atoms with E-state index < -0.39 is 11.8 Å². The van der Waals surface area contributed by atoms with Crippen molar-refractivity contribution < 1.29 is 14.4 Å².